The third-order valence-electron chi connectivity index (χ3n) is 2.40. The Bertz CT molecular complexity index is 450. The van der Waals surface area contributed by atoms with Crippen molar-refractivity contribution in [2.45, 2.75) is 47.6 Å². The van der Waals surface area contributed by atoms with Gasteiger partial charge in [0.1, 0.15) is 5.82 Å². The average molecular weight is 264 g/mol. The highest BCUT2D eigenvalue weighted by molar-refractivity contribution is 5.17. The second-order valence-electron chi connectivity index (χ2n) is 3.50. The van der Waals surface area contributed by atoms with E-state index in [1.807, 2.05) is 44.5 Å². The van der Waals surface area contributed by atoms with Gasteiger partial charge in [-0.3, -0.25) is 0 Å². The maximum absolute atomic E-state index is 13.0. The van der Waals surface area contributed by atoms with E-state index in [2.05, 4.69) is 11.9 Å². The molecule has 0 radical (unpaired) electrons. The van der Waals surface area contributed by atoms with E-state index in [-0.39, 0.29) is 5.82 Å². The molecule has 0 bridgehead atoms. The third-order valence-corrected chi connectivity index (χ3v) is 2.40. The Morgan fingerprint density at radius 1 is 1.16 bits per heavy atom. The van der Waals surface area contributed by atoms with Crippen LogP contribution in [0.5, 0.6) is 0 Å². The molecule has 1 aromatic carbocycles. The van der Waals surface area contributed by atoms with E-state index in [1.165, 1.54) is 11.8 Å². The van der Waals surface area contributed by atoms with Crippen LogP contribution < -0.4 is 0 Å². The fraction of sp³-hybridized carbons (Fsp3) is 0.438. The Labute approximate surface area is 116 Å². The highest BCUT2D eigenvalue weighted by atomic mass is 19.1. The lowest BCUT2D eigenvalue weighted by atomic mass is 10.2. The molecule has 1 heterocycles. The second-order valence-corrected chi connectivity index (χ2v) is 3.50. The van der Waals surface area contributed by atoms with Gasteiger partial charge in [-0.15, -0.1) is 0 Å². The van der Waals surface area contributed by atoms with Crippen molar-refractivity contribution in [3.63, 3.8) is 0 Å². The van der Waals surface area contributed by atoms with Crippen LogP contribution in [0, 0.1) is 5.82 Å². The van der Waals surface area contributed by atoms with Crippen LogP contribution in [-0.2, 0) is 13.0 Å². The van der Waals surface area contributed by atoms with Crippen molar-refractivity contribution in [2.75, 3.05) is 0 Å². The quantitative estimate of drug-likeness (QED) is 0.786. The van der Waals surface area contributed by atoms with Crippen molar-refractivity contribution < 1.29 is 4.39 Å². The zero-order valence-corrected chi connectivity index (χ0v) is 12.7. The molecule has 2 aromatic rings. The van der Waals surface area contributed by atoms with Crippen molar-refractivity contribution in [2.24, 2.45) is 0 Å². The predicted molar refractivity (Wildman–Crippen MR) is 79.8 cm³/mol. The summed E-state index contributed by atoms with van der Waals surface area (Å²) in [6.45, 7) is 10.8. The number of hydrogen-bond acceptors (Lipinski definition) is 1. The van der Waals surface area contributed by atoms with Crippen LogP contribution in [0.25, 0.3) is 0 Å². The normalized spacial score (nSPS) is 8.95. The van der Waals surface area contributed by atoms with Gasteiger partial charge in [-0.2, -0.15) is 0 Å². The fourth-order valence-electron chi connectivity index (χ4n) is 1.62. The summed E-state index contributed by atoms with van der Waals surface area (Å²) in [6.07, 6.45) is 4.57. The van der Waals surface area contributed by atoms with Crippen LogP contribution in [0.4, 0.5) is 4.39 Å². The second kappa shape index (κ2) is 10.3. The van der Waals surface area contributed by atoms with Gasteiger partial charge < -0.3 is 4.57 Å². The Balaban J connectivity index is 0.000000741. The Morgan fingerprint density at radius 2 is 1.84 bits per heavy atom. The number of aryl methyl sites for hydroxylation is 1. The van der Waals surface area contributed by atoms with Crippen LogP contribution >= 0.6 is 0 Å². The molecular weight excluding hydrogens is 239 g/mol. The topological polar surface area (TPSA) is 17.8 Å². The summed E-state index contributed by atoms with van der Waals surface area (Å²) < 4.78 is 15.0. The lowest BCUT2D eigenvalue weighted by Crippen LogP contribution is -2.02. The van der Waals surface area contributed by atoms with E-state index in [9.17, 15) is 4.39 Å². The summed E-state index contributed by atoms with van der Waals surface area (Å²) in [4.78, 5) is 4.08. The summed E-state index contributed by atoms with van der Waals surface area (Å²) in [7, 11) is 0. The van der Waals surface area contributed by atoms with Gasteiger partial charge >= 0.3 is 0 Å². The molecule has 0 amide bonds. The molecule has 106 valence electrons. The third kappa shape index (κ3) is 5.69. The van der Waals surface area contributed by atoms with E-state index in [0.717, 1.165) is 12.0 Å². The highest BCUT2D eigenvalue weighted by Crippen LogP contribution is 2.08. The molecule has 0 aliphatic rings. The monoisotopic (exact) mass is 264 g/mol. The summed E-state index contributed by atoms with van der Waals surface area (Å²) in [5.41, 5.74) is 2.13. The largest absolute Gasteiger partial charge is 0.330 e. The van der Waals surface area contributed by atoms with E-state index in [4.69, 9.17) is 0 Å². The minimum absolute atomic E-state index is 0.189. The van der Waals surface area contributed by atoms with Gasteiger partial charge in [0.15, 0.2) is 0 Å². The zero-order chi connectivity index (χ0) is 14.7. The van der Waals surface area contributed by atoms with Crippen LogP contribution in [0.3, 0.4) is 0 Å². The highest BCUT2D eigenvalue weighted by Gasteiger charge is 2.01. The van der Waals surface area contributed by atoms with Gasteiger partial charge in [-0.05, 0) is 24.1 Å². The van der Waals surface area contributed by atoms with Crippen molar-refractivity contribution >= 4 is 0 Å². The fourth-order valence-corrected chi connectivity index (χ4v) is 1.62. The van der Waals surface area contributed by atoms with Gasteiger partial charge in [0.2, 0.25) is 0 Å². The summed E-state index contributed by atoms with van der Waals surface area (Å²) in [5, 5.41) is 0. The van der Waals surface area contributed by atoms with Gasteiger partial charge in [-0.25, -0.2) is 9.37 Å². The van der Waals surface area contributed by atoms with Crippen LogP contribution in [0.1, 0.15) is 45.9 Å². The van der Waals surface area contributed by atoms with E-state index >= 15 is 0 Å². The molecule has 0 fully saturated rings. The van der Waals surface area contributed by atoms with Gasteiger partial charge in [0, 0.05) is 18.4 Å². The van der Waals surface area contributed by atoms with E-state index in [0.29, 0.717) is 6.54 Å². The average Bonchev–Trinajstić information content (AvgIpc) is 2.90. The molecular formula is C16H25FN2. The number of imidazole rings is 1. The standard InChI is InChI=1S/C12H13FN2.2C2H6/c1-2-12-7-14-9-15(12)8-10-4-3-5-11(13)6-10;2*1-2/h3-7,9H,2,8H2,1H3;2*1-2H3. The molecule has 0 saturated carbocycles. The van der Waals surface area contributed by atoms with Gasteiger partial charge in [0.25, 0.3) is 0 Å². The molecule has 0 aliphatic carbocycles. The van der Waals surface area contributed by atoms with E-state index < -0.39 is 0 Å². The number of aromatic nitrogens is 2. The predicted octanol–water partition coefficient (Wildman–Crippen LogP) is 4.69. The van der Waals surface area contributed by atoms with E-state index in [1.54, 1.807) is 18.5 Å². The molecule has 19 heavy (non-hydrogen) atoms. The number of halogens is 1. The molecule has 0 spiro atoms. The first-order valence-corrected chi connectivity index (χ1v) is 7.03. The molecule has 0 aliphatic heterocycles. The number of benzene rings is 1. The molecule has 0 saturated heterocycles. The summed E-state index contributed by atoms with van der Waals surface area (Å²) in [6, 6.07) is 6.66. The molecule has 0 unspecified atom stereocenters. The first-order chi connectivity index (χ1) is 9.29. The first-order valence-electron chi connectivity index (χ1n) is 7.03. The van der Waals surface area contributed by atoms with Gasteiger partial charge in [0.05, 0.1) is 6.33 Å². The summed E-state index contributed by atoms with van der Waals surface area (Å²) >= 11 is 0. The molecule has 1 aromatic heterocycles. The van der Waals surface area contributed by atoms with Crippen LogP contribution in [0.2, 0.25) is 0 Å². The lowest BCUT2D eigenvalue weighted by molar-refractivity contribution is 0.622. The number of rotatable bonds is 3. The molecule has 2 rings (SSSR count). The van der Waals surface area contributed by atoms with Crippen molar-refractivity contribution in [3.05, 3.63) is 53.9 Å². The van der Waals surface area contributed by atoms with Crippen LogP contribution in [-0.4, -0.2) is 9.55 Å². The van der Waals surface area contributed by atoms with Gasteiger partial charge in [-0.1, -0.05) is 46.8 Å². The summed E-state index contributed by atoms with van der Waals surface area (Å²) in [5.74, 6) is -0.189. The minimum atomic E-state index is -0.189. The maximum Gasteiger partial charge on any atom is 0.123 e. The zero-order valence-electron chi connectivity index (χ0n) is 12.7. The molecule has 2 nitrogen and oxygen atoms in total. The van der Waals surface area contributed by atoms with Crippen molar-refractivity contribution in [1.82, 2.24) is 9.55 Å². The molecule has 0 N–H and O–H groups in total. The maximum atomic E-state index is 13.0. The Morgan fingerprint density at radius 3 is 2.42 bits per heavy atom. The lowest BCUT2D eigenvalue weighted by Gasteiger charge is -2.06. The smallest absolute Gasteiger partial charge is 0.123 e. The number of hydrogen-bond donors (Lipinski definition) is 0. The first kappa shape index (κ1) is 17.4. The van der Waals surface area contributed by atoms with Crippen LogP contribution in [0.15, 0.2) is 36.8 Å². The molecule has 3 heteroatoms. The molecule has 0 atom stereocenters. The van der Waals surface area contributed by atoms with Crippen molar-refractivity contribution in [1.29, 1.82) is 0 Å². The number of nitrogens with zero attached hydrogens (tertiary/aromatic N) is 2. The SMILES string of the molecule is CC.CC.CCc1cncn1Cc1cccc(F)c1. The Kier molecular flexibility index (Phi) is 9.41. The Hall–Kier alpha value is -1.64. The minimum Gasteiger partial charge on any atom is -0.330 e. The van der Waals surface area contributed by atoms with Crippen molar-refractivity contribution in [3.8, 4) is 0 Å².